The number of aromatic nitrogens is 1. The molecule has 0 saturated heterocycles. The van der Waals surface area contributed by atoms with Gasteiger partial charge in [0.25, 0.3) is 0 Å². The van der Waals surface area contributed by atoms with Crippen LogP contribution >= 0.6 is 15.9 Å². The minimum absolute atomic E-state index is 0.555. The fourth-order valence-electron chi connectivity index (χ4n) is 3.17. The second kappa shape index (κ2) is 6.80. The minimum atomic E-state index is 0.555. The molecule has 2 nitrogen and oxygen atoms in total. The van der Waals surface area contributed by atoms with Gasteiger partial charge in [-0.25, -0.2) is 0 Å². The maximum Gasteiger partial charge on any atom is 0.0470 e. The summed E-state index contributed by atoms with van der Waals surface area (Å²) < 4.78 is 3.49. The van der Waals surface area contributed by atoms with Crippen molar-refractivity contribution in [2.45, 2.75) is 45.2 Å². The maximum atomic E-state index is 3.69. The molecule has 1 unspecified atom stereocenters. The van der Waals surface area contributed by atoms with Gasteiger partial charge in [-0.3, -0.25) is 0 Å². The van der Waals surface area contributed by atoms with E-state index in [-0.39, 0.29) is 0 Å². The molecule has 0 aliphatic heterocycles. The summed E-state index contributed by atoms with van der Waals surface area (Å²) in [6.07, 6.45) is 9.70. The normalized spacial score (nSPS) is 17.7. The molecule has 2 aromatic rings. The highest BCUT2D eigenvalue weighted by Crippen LogP contribution is 2.30. The van der Waals surface area contributed by atoms with Gasteiger partial charge in [-0.1, -0.05) is 35.0 Å². The van der Waals surface area contributed by atoms with Crippen molar-refractivity contribution in [3.63, 3.8) is 0 Å². The fraction of sp³-hybridized carbons (Fsp3) is 0.444. The van der Waals surface area contributed by atoms with Gasteiger partial charge >= 0.3 is 0 Å². The standard InChI is InChI=1S/C18H23BrN2/c1-2-10-20-18-5-3-4-15-12-21(13-17(15)18)11-14-6-8-16(19)9-7-14/h6-9,12-13,18,20H,2-5,10-11H2,1H3. The first-order valence-electron chi connectivity index (χ1n) is 7.92. The van der Waals surface area contributed by atoms with Gasteiger partial charge in [0.2, 0.25) is 0 Å². The summed E-state index contributed by atoms with van der Waals surface area (Å²) in [4.78, 5) is 0. The average Bonchev–Trinajstić information content (AvgIpc) is 2.90. The van der Waals surface area contributed by atoms with Gasteiger partial charge < -0.3 is 9.88 Å². The van der Waals surface area contributed by atoms with Crippen LogP contribution in [0.25, 0.3) is 0 Å². The molecule has 1 aliphatic rings. The van der Waals surface area contributed by atoms with Gasteiger partial charge in [-0.05, 0) is 61.1 Å². The SMILES string of the molecule is CCCNC1CCCc2cn(Cc3ccc(Br)cc3)cc21. The number of fused-ring (bicyclic) bond motifs is 1. The van der Waals surface area contributed by atoms with Crippen molar-refractivity contribution in [1.82, 2.24) is 9.88 Å². The van der Waals surface area contributed by atoms with E-state index in [1.54, 1.807) is 0 Å². The second-order valence-corrected chi connectivity index (χ2v) is 6.85. The summed E-state index contributed by atoms with van der Waals surface area (Å²) in [5.74, 6) is 0. The molecule has 1 aliphatic carbocycles. The molecule has 0 radical (unpaired) electrons. The van der Waals surface area contributed by atoms with Crippen molar-refractivity contribution < 1.29 is 0 Å². The van der Waals surface area contributed by atoms with E-state index in [1.807, 2.05) is 0 Å². The number of aryl methyl sites for hydroxylation is 1. The van der Waals surface area contributed by atoms with Crippen LogP contribution in [0.5, 0.6) is 0 Å². The van der Waals surface area contributed by atoms with Crippen LogP contribution in [0, 0.1) is 0 Å². The van der Waals surface area contributed by atoms with Crippen LogP contribution < -0.4 is 5.32 Å². The minimum Gasteiger partial charge on any atom is -0.349 e. The number of nitrogens with one attached hydrogen (secondary N) is 1. The highest BCUT2D eigenvalue weighted by molar-refractivity contribution is 9.10. The number of hydrogen-bond donors (Lipinski definition) is 1. The summed E-state index contributed by atoms with van der Waals surface area (Å²) in [6.45, 7) is 4.30. The lowest BCUT2D eigenvalue weighted by molar-refractivity contribution is 0.462. The van der Waals surface area contributed by atoms with Crippen molar-refractivity contribution in [3.8, 4) is 0 Å². The molecule has 0 saturated carbocycles. The molecule has 3 rings (SSSR count). The summed E-state index contributed by atoms with van der Waals surface area (Å²) >= 11 is 3.49. The van der Waals surface area contributed by atoms with Gasteiger partial charge in [0.1, 0.15) is 0 Å². The first-order chi connectivity index (χ1) is 10.3. The van der Waals surface area contributed by atoms with E-state index in [1.165, 1.54) is 42.4 Å². The van der Waals surface area contributed by atoms with Crippen LogP contribution in [0.15, 0.2) is 41.1 Å². The average molecular weight is 347 g/mol. The first-order valence-corrected chi connectivity index (χ1v) is 8.72. The predicted molar refractivity (Wildman–Crippen MR) is 91.6 cm³/mol. The lowest BCUT2D eigenvalue weighted by Gasteiger charge is -2.23. The lowest BCUT2D eigenvalue weighted by atomic mass is 9.91. The molecule has 0 bridgehead atoms. The van der Waals surface area contributed by atoms with Crippen LogP contribution in [0.4, 0.5) is 0 Å². The lowest BCUT2D eigenvalue weighted by Crippen LogP contribution is -2.24. The zero-order valence-corrected chi connectivity index (χ0v) is 14.2. The van der Waals surface area contributed by atoms with Crippen LogP contribution in [0.3, 0.4) is 0 Å². The van der Waals surface area contributed by atoms with Crippen LogP contribution in [-0.2, 0) is 13.0 Å². The summed E-state index contributed by atoms with van der Waals surface area (Å²) in [5, 5.41) is 3.69. The molecular formula is C18H23BrN2. The Morgan fingerprint density at radius 3 is 2.81 bits per heavy atom. The third-order valence-corrected chi connectivity index (χ3v) is 4.76. The maximum absolute atomic E-state index is 3.69. The number of hydrogen-bond acceptors (Lipinski definition) is 1. The molecule has 112 valence electrons. The molecular weight excluding hydrogens is 324 g/mol. The molecule has 0 amide bonds. The second-order valence-electron chi connectivity index (χ2n) is 5.94. The quantitative estimate of drug-likeness (QED) is 0.831. The smallest absolute Gasteiger partial charge is 0.0470 e. The topological polar surface area (TPSA) is 17.0 Å². The Morgan fingerprint density at radius 1 is 1.24 bits per heavy atom. The Labute approximate surface area is 135 Å². The Hall–Kier alpha value is -1.06. The van der Waals surface area contributed by atoms with E-state index in [9.17, 15) is 0 Å². The van der Waals surface area contributed by atoms with Crippen molar-refractivity contribution in [3.05, 3.63) is 57.8 Å². The molecule has 1 N–H and O–H groups in total. The monoisotopic (exact) mass is 346 g/mol. The first kappa shape index (κ1) is 14.9. The van der Waals surface area contributed by atoms with E-state index in [0.717, 1.165) is 17.6 Å². The van der Waals surface area contributed by atoms with Gasteiger partial charge in [0, 0.05) is 29.5 Å². The largest absolute Gasteiger partial charge is 0.349 e. The third-order valence-electron chi connectivity index (χ3n) is 4.23. The van der Waals surface area contributed by atoms with Crippen molar-refractivity contribution >= 4 is 15.9 Å². The Bertz CT molecular complexity index is 586. The zero-order valence-electron chi connectivity index (χ0n) is 12.6. The molecule has 1 aromatic heterocycles. The Balaban J connectivity index is 1.76. The molecule has 1 aromatic carbocycles. The summed E-state index contributed by atoms with van der Waals surface area (Å²) in [7, 11) is 0. The number of benzene rings is 1. The van der Waals surface area contributed by atoms with E-state index in [4.69, 9.17) is 0 Å². The molecule has 1 atom stereocenters. The molecule has 0 spiro atoms. The molecule has 21 heavy (non-hydrogen) atoms. The van der Waals surface area contributed by atoms with Crippen LogP contribution in [-0.4, -0.2) is 11.1 Å². The van der Waals surface area contributed by atoms with Crippen LogP contribution in [0.2, 0.25) is 0 Å². The van der Waals surface area contributed by atoms with Gasteiger partial charge in [0.15, 0.2) is 0 Å². The predicted octanol–water partition coefficient (Wildman–Crippen LogP) is 4.68. The van der Waals surface area contributed by atoms with Gasteiger partial charge in [-0.2, -0.15) is 0 Å². The van der Waals surface area contributed by atoms with Crippen molar-refractivity contribution in [1.29, 1.82) is 0 Å². The number of nitrogens with zero attached hydrogens (tertiary/aromatic N) is 1. The van der Waals surface area contributed by atoms with Gasteiger partial charge in [-0.15, -0.1) is 0 Å². The van der Waals surface area contributed by atoms with E-state index >= 15 is 0 Å². The number of rotatable bonds is 5. The van der Waals surface area contributed by atoms with Crippen molar-refractivity contribution in [2.24, 2.45) is 0 Å². The fourth-order valence-corrected chi connectivity index (χ4v) is 3.44. The zero-order chi connectivity index (χ0) is 14.7. The molecule has 0 fully saturated rings. The Morgan fingerprint density at radius 2 is 2.05 bits per heavy atom. The van der Waals surface area contributed by atoms with Crippen molar-refractivity contribution in [2.75, 3.05) is 6.54 Å². The van der Waals surface area contributed by atoms with Gasteiger partial charge in [0.05, 0.1) is 0 Å². The molecule has 3 heteroatoms. The van der Waals surface area contributed by atoms with E-state index < -0.39 is 0 Å². The number of halogens is 1. The van der Waals surface area contributed by atoms with Crippen LogP contribution in [0.1, 0.15) is 48.9 Å². The highest BCUT2D eigenvalue weighted by atomic mass is 79.9. The van der Waals surface area contributed by atoms with E-state index in [2.05, 4.69) is 69.4 Å². The van der Waals surface area contributed by atoms with E-state index in [0.29, 0.717) is 6.04 Å². The third kappa shape index (κ3) is 3.58. The molecule has 1 heterocycles. The Kier molecular flexibility index (Phi) is 4.81. The summed E-state index contributed by atoms with van der Waals surface area (Å²) in [6, 6.07) is 9.17. The summed E-state index contributed by atoms with van der Waals surface area (Å²) in [5.41, 5.74) is 4.40. The highest BCUT2D eigenvalue weighted by Gasteiger charge is 2.21.